The second-order valence-electron chi connectivity index (χ2n) is 15.1. The van der Waals surface area contributed by atoms with Gasteiger partial charge in [0.1, 0.15) is 0 Å². The van der Waals surface area contributed by atoms with Gasteiger partial charge < -0.3 is 37.4 Å². The number of hydrogen-bond donors (Lipinski definition) is 8. The van der Waals surface area contributed by atoms with E-state index in [0.29, 0.717) is 32.5 Å². The van der Waals surface area contributed by atoms with Crippen molar-refractivity contribution < 1.29 is 19.5 Å². The molecule has 0 bridgehead atoms. The van der Waals surface area contributed by atoms with E-state index >= 15 is 0 Å². The third kappa shape index (κ3) is 35.7. The lowest BCUT2D eigenvalue weighted by atomic mass is 10.0. The maximum atomic E-state index is 12.3. The first-order valence-corrected chi connectivity index (χ1v) is 20.9. The van der Waals surface area contributed by atoms with Crippen LogP contribution in [0.3, 0.4) is 0 Å². The maximum Gasteiger partial charge on any atom is 0.269 e. The van der Waals surface area contributed by atoms with Crippen molar-refractivity contribution in [1.29, 1.82) is 5.41 Å². The normalized spacial score (nSPS) is 12.9. The number of amides is 3. The molecular formula is C44H79N7O4. The van der Waals surface area contributed by atoms with Crippen LogP contribution >= 0.6 is 0 Å². The topological polar surface area (TPSA) is 181 Å². The first kappa shape index (κ1) is 51.3. The van der Waals surface area contributed by atoms with Gasteiger partial charge in [-0.2, -0.15) is 0 Å². The Labute approximate surface area is 334 Å². The predicted molar refractivity (Wildman–Crippen MR) is 231 cm³/mol. The van der Waals surface area contributed by atoms with E-state index in [2.05, 4.69) is 98.5 Å². The summed E-state index contributed by atoms with van der Waals surface area (Å²) in [6.07, 6.45) is 26.2. The van der Waals surface area contributed by atoms with Crippen molar-refractivity contribution in [3.05, 3.63) is 58.2 Å². The van der Waals surface area contributed by atoms with Crippen LogP contribution in [-0.4, -0.2) is 67.7 Å². The first-order valence-electron chi connectivity index (χ1n) is 20.9. The molecule has 0 aromatic heterocycles. The van der Waals surface area contributed by atoms with Crippen LogP contribution in [0.1, 0.15) is 157 Å². The minimum atomic E-state index is -1.56. The highest BCUT2D eigenvalue weighted by atomic mass is 16.3. The Morgan fingerprint density at radius 1 is 0.527 bits per heavy atom. The molecule has 9 N–H and O–H groups in total. The van der Waals surface area contributed by atoms with E-state index in [1.165, 1.54) is 27.9 Å². The molecule has 314 valence electrons. The van der Waals surface area contributed by atoms with E-state index in [4.69, 9.17) is 11.1 Å². The summed E-state index contributed by atoms with van der Waals surface area (Å²) in [5, 5.41) is 31.1. The van der Waals surface area contributed by atoms with Gasteiger partial charge in [-0.15, -0.1) is 0 Å². The zero-order valence-corrected chi connectivity index (χ0v) is 35.5. The summed E-state index contributed by atoms with van der Waals surface area (Å²) in [6.45, 7) is 16.4. The number of carbonyl (C=O) groups is 3. The van der Waals surface area contributed by atoms with Crippen molar-refractivity contribution in [3.8, 4) is 0 Å². The van der Waals surface area contributed by atoms with Crippen molar-refractivity contribution in [1.82, 2.24) is 26.6 Å². The van der Waals surface area contributed by atoms with E-state index in [0.717, 1.165) is 109 Å². The Morgan fingerprint density at radius 3 is 1.60 bits per heavy atom. The number of nitrogens with two attached hydrogens (primary N) is 1. The van der Waals surface area contributed by atoms with Crippen LogP contribution in [0, 0.1) is 5.41 Å². The highest BCUT2D eigenvalue weighted by Gasteiger charge is 2.16. The van der Waals surface area contributed by atoms with Crippen LogP contribution in [0.5, 0.6) is 0 Å². The average molecular weight is 770 g/mol. The molecule has 0 aromatic carbocycles. The van der Waals surface area contributed by atoms with E-state index in [9.17, 15) is 19.5 Å². The number of unbranched alkanes of at least 4 members (excludes halogenated alkanes) is 5. The molecule has 0 saturated carbocycles. The van der Waals surface area contributed by atoms with Crippen molar-refractivity contribution in [2.75, 3.05) is 32.7 Å². The van der Waals surface area contributed by atoms with Gasteiger partial charge in [-0.25, -0.2) is 0 Å². The molecule has 0 fully saturated rings. The lowest BCUT2D eigenvalue weighted by molar-refractivity contribution is -0.136. The zero-order chi connectivity index (χ0) is 41.1. The summed E-state index contributed by atoms with van der Waals surface area (Å²) in [5.74, 6) is -0.932. The van der Waals surface area contributed by atoms with E-state index in [1.54, 1.807) is 0 Å². The Bertz CT molecular complexity index is 1250. The molecule has 0 aromatic rings. The summed E-state index contributed by atoms with van der Waals surface area (Å²) in [7, 11) is 0. The highest BCUT2D eigenvalue weighted by molar-refractivity contribution is 5.86. The number of aliphatic hydroxyl groups is 1. The lowest BCUT2D eigenvalue weighted by Gasteiger charge is -2.13. The van der Waals surface area contributed by atoms with Gasteiger partial charge in [0, 0.05) is 32.5 Å². The summed E-state index contributed by atoms with van der Waals surface area (Å²) in [5.41, 5.74) is 12.3. The highest BCUT2D eigenvalue weighted by Crippen LogP contribution is 2.14. The van der Waals surface area contributed by atoms with Gasteiger partial charge in [0.05, 0.1) is 0 Å². The van der Waals surface area contributed by atoms with Crippen molar-refractivity contribution in [2.24, 2.45) is 5.73 Å². The monoisotopic (exact) mass is 770 g/mol. The van der Waals surface area contributed by atoms with Crippen LogP contribution in [0.25, 0.3) is 0 Å². The minimum absolute atomic E-state index is 0.0485. The van der Waals surface area contributed by atoms with Gasteiger partial charge in [-0.1, -0.05) is 71.1 Å². The molecule has 0 spiro atoms. The SMILES string of the molecule is CC(C)=CCC/C(C)=C/CC/C(C)=C/CC/C=C(\C)CC/C=C(\C)CCC(=O)NCCCNCCCCNC(=O)C(O)NC(=O)CCCCCCNC(=N)N. The third-order valence-electron chi connectivity index (χ3n) is 9.18. The molecule has 3 amide bonds. The van der Waals surface area contributed by atoms with Gasteiger partial charge in [-0.3, -0.25) is 19.8 Å². The van der Waals surface area contributed by atoms with E-state index in [-0.39, 0.29) is 24.2 Å². The van der Waals surface area contributed by atoms with E-state index in [1.807, 2.05) is 0 Å². The van der Waals surface area contributed by atoms with Crippen LogP contribution < -0.4 is 32.3 Å². The first-order chi connectivity index (χ1) is 26.3. The summed E-state index contributed by atoms with van der Waals surface area (Å²) in [4.78, 5) is 36.3. The standard InChI is InChI=1S/C44H79N7O4/c1-35(2)19-15-22-38(5)25-16-23-36(3)20-10-11-21-37(4)24-17-26-39(6)28-29-40(52)48-34-18-31-47-30-13-14-32-49-42(54)43(55)51-41(53)27-9-7-8-12-33-50-44(45)46/h19-21,25-26,43,47,55H,7-18,22-24,27-34H2,1-6H3,(H,48,52)(H,49,54)(H,51,53)(H4,45,46,50)/b36-20+,37-21+,38-25+,39-26+. The van der Waals surface area contributed by atoms with Crippen LogP contribution in [0.2, 0.25) is 0 Å². The van der Waals surface area contributed by atoms with Gasteiger partial charge >= 0.3 is 0 Å². The van der Waals surface area contributed by atoms with Gasteiger partial charge in [-0.05, 0) is 145 Å². The molecule has 0 rings (SSSR count). The molecular weight excluding hydrogens is 691 g/mol. The molecule has 0 aliphatic rings. The molecule has 0 saturated heterocycles. The quantitative estimate of drug-likeness (QED) is 0.0112. The Balaban J connectivity index is 3.84. The number of aliphatic hydroxyl groups excluding tert-OH is 1. The molecule has 55 heavy (non-hydrogen) atoms. The van der Waals surface area contributed by atoms with Crippen LogP contribution in [-0.2, 0) is 14.4 Å². The number of carbonyl (C=O) groups excluding carboxylic acids is 3. The number of hydrogen-bond acceptors (Lipinski definition) is 6. The number of allylic oxidation sites excluding steroid dienone is 10. The van der Waals surface area contributed by atoms with E-state index < -0.39 is 12.1 Å². The molecule has 1 unspecified atom stereocenters. The number of guanidine groups is 1. The molecule has 0 heterocycles. The summed E-state index contributed by atoms with van der Waals surface area (Å²) >= 11 is 0. The van der Waals surface area contributed by atoms with Crippen LogP contribution in [0.4, 0.5) is 0 Å². The third-order valence-corrected chi connectivity index (χ3v) is 9.18. The fourth-order valence-corrected chi connectivity index (χ4v) is 5.67. The van der Waals surface area contributed by atoms with Gasteiger partial charge in [0.2, 0.25) is 18.0 Å². The molecule has 0 aliphatic heterocycles. The van der Waals surface area contributed by atoms with Gasteiger partial charge in [0.25, 0.3) is 5.91 Å². The van der Waals surface area contributed by atoms with Crippen molar-refractivity contribution in [3.63, 3.8) is 0 Å². The molecule has 11 heteroatoms. The smallest absolute Gasteiger partial charge is 0.269 e. The lowest BCUT2D eigenvalue weighted by Crippen LogP contribution is -2.46. The maximum absolute atomic E-state index is 12.3. The molecule has 0 radical (unpaired) electrons. The minimum Gasteiger partial charge on any atom is -0.370 e. The second-order valence-corrected chi connectivity index (χ2v) is 15.1. The molecule has 11 nitrogen and oxygen atoms in total. The van der Waals surface area contributed by atoms with Gasteiger partial charge in [0.15, 0.2) is 5.96 Å². The molecule has 1 atom stereocenters. The Kier molecular flexibility index (Phi) is 32.4. The number of nitrogens with one attached hydrogen (secondary N) is 6. The van der Waals surface area contributed by atoms with Crippen molar-refractivity contribution >= 4 is 23.7 Å². The predicted octanol–water partition coefficient (Wildman–Crippen LogP) is 7.50. The Hall–Kier alpha value is -3.70. The zero-order valence-electron chi connectivity index (χ0n) is 35.5. The van der Waals surface area contributed by atoms with Crippen LogP contribution in [0.15, 0.2) is 58.2 Å². The summed E-state index contributed by atoms with van der Waals surface area (Å²) < 4.78 is 0. The Morgan fingerprint density at radius 2 is 1.00 bits per heavy atom. The average Bonchev–Trinajstić information content (AvgIpc) is 3.12. The van der Waals surface area contributed by atoms with Crippen molar-refractivity contribution in [2.45, 2.75) is 163 Å². The largest absolute Gasteiger partial charge is 0.370 e. The number of rotatable bonds is 33. The fourth-order valence-electron chi connectivity index (χ4n) is 5.67. The second kappa shape index (κ2) is 34.8. The summed E-state index contributed by atoms with van der Waals surface area (Å²) in [6, 6.07) is 0. The molecule has 0 aliphatic carbocycles. The fraction of sp³-hybridized carbons (Fsp3) is 0.682.